The van der Waals surface area contributed by atoms with Crippen LogP contribution in [0.25, 0.3) is 11.0 Å². The van der Waals surface area contributed by atoms with Crippen molar-refractivity contribution in [2.24, 2.45) is 0 Å². The molecule has 15 heavy (non-hydrogen) atoms. The van der Waals surface area contributed by atoms with E-state index in [-0.39, 0.29) is 0 Å². The molecule has 3 heterocycles. The van der Waals surface area contributed by atoms with Crippen LogP contribution in [-0.4, -0.2) is 35.8 Å². The predicted octanol–water partition coefficient (Wildman–Crippen LogP) is 0.0618. The monoisotopic (exact) mass is 201 g/mol. The number of rotatable bonds is 2. The fraction of sp³-hybridized carbons (Fsp3) is 0.125. The van der Waals surface area contributed by atoms with Crippen LogP contribution >= 0.6 is 0 Å². The summed E-state index contributed by atoms with van der Waals surface area (Å²) in [6.07, 6.45) is 2.28. The molecule has 0 spiro atoms. The minimum absolute atomic E-state index is 0.546. The van der Waals surface area contributed by atoms with Gasteiger partial charge in [0, 0.05) is 6.20 Å². The van der Waals surface area contributed by atoms with Crippen LogP contribution in [0, 0.1) is 0 Å². The van der Waals surface area contributed by atoms with Gasteiger partial charge in [-0.1, -0.05) is 5.21 Å². The zero-order chi connectivity index (χ0) is 10.1. The third kappa shape index (κ3) is 1.33. The highest BCUT2D eigenvalue weighted by atomic mass is 15.5. The number of hydrogen-bond donors (Lipinski definition) is 2. The van der Waals surface area contributed by atoms with Crippen LogP contribution in [0.3, 0.4) is 0 Å². The van der Waals surface area contributed by atoms with Crippen LogP contribution in [0.4, 0.5) is 0 Å². The molecule has 3 aromatic rings. The Bertz CT molecular complexity index is 567. The van der Waals surface area contributed by atoms with Crippen molar-refractivity contribution in [2.75, 3.05) is 0 Å². The third-order valence-corrected chi connectivity index (χ3v) is 2.11. The van der Waals surface area contributed by atoms with Crippen molar-refractivity contribution in [1.29, 1.82) is 0 Å². The number of nitrogens with zero attached hydrogens (tertiary/aromatic N) is 5. The molecule has 0 bridgehead atoms. The van der Waals surface area contributed by atoms with E-state index in [0.29, 0.717) is 12.2 Å². The number of pyridine rings is 1. The second-order valence-electron chi connectivity index (χ2n) is 3.08. The van der Waals surface area contributed by atoms with Gasteiger partial charge in [-0.05, 0) is 12.1 Å². The Morgan fingerprint density at radius 2 is 2.27 bits per heavy atom. The molecule has 0 aromatic carbocycles. The highest BCUT2D eigenvalue weighted by Crippen LogP contribution is 2.13. The Kier molecular flexibility index (Phi) is 1.67. The van der Waals surface area contributed by atoms with E-state index < -0.39 is 0 Å². The van der Waals surface area contributed by atoms with E-state index in [9.17, 15) is 0 Å². The van der Waals surface area contributed by atoms with Crippen molar-refractivity contribution in [3.8, 4) is 0 Å². The van der Waals surface area contributed by atoms with Gasteiger partial charge in [0.2, 0.25) is 0 Å². The molecule has 0 aliphatic rings. The summed E-state index contributed by atoms with van der Waals surface area (Å²) in [5, 5.41) is 20.7. The maximum Gasteiger partial charge on any atom is 0.180 e. The lowest BCUT2D eigenvalue weighted by molar-refractivity contribution is 0.881. The van der Waals surface area contributed by atoms with E-state index in [1.54, 1.807) is 6.20 Å². The maximum atomic E-state index is 4.24. The SMILES string of the molecule is c1cnc2c(Cc3nn[nH]n3)[nH]nc2c1. The van der Waals surface area contributed by atoms with Gasteiger partial charge in [-0.15, -0.1) is 10.2 Å². The first-order valence-corrected chi connectivity index (χ1v) is 4.44. The van der Waals surface area contributed by atoms with Gasteiger partial charge in [-0.25, -0.2) is 0 Å². The lowest BCUT2D eigenvalue weighted by atomic mass is 10.2. The first-order valence-electron chi connectivity index (χ1n) is 4.44. The number of H-pyrrole nitrogens is 2. The molecule has 0 saturated heterocycles. The summed E-state index contributed by atoms with van der Waals surface area (Å²) in [5.74, 6) is 0.617. The highest BCUT2D eigenvalue weighted by Gasteiger charge is 2.08. The summed E-state index contributed by atoms with van der Waals surface area (Å²) >= 11 is 0. The van der Waals surface area contributed by atoms with Crippen molar-refractivity contribution in [1.82, 2.24) is 35.8 Å². The number of aromatic amines is 2. The number of aromatic nitrogens is 7. The summed E-state index contributed by atoms with van der Waals surface area (Å²) in [4.78, 5) is 4.24. The molecule has 3 aromatic heterocycles. The number of fused-ring (bicyclic) bond motifs is 1. The molecule has 0 atom stereocenters. The smallest absolute Gasteiger partial charge is 0.180 e. The molecule has 7 nitrogen and oxygen atoms in total. The van der Waals surface area contributed by atoms with Crippen molar-refractivity contribution in [3.63, 3.8) is 0 Å². The van der Waals surface area contributed by atoms with Crippen LogP contribution in [0.2, 0.25) is 0 Å². The van der Waals surface area contributed by atoms with E-state index in [4.69, 9.17) is 0 Å². The fourth-order valence-corrected chi connectivity index (χ4v) is 1.44. The molecule has 3 rings (SSSR count). The standard InChI is InChI=1S/C8H7N7/c1-2-5-8(9-3-1)6(11-10-5)4-7-12-14-15-13-7/h1-3H,4H2,(H,10,11)(H,12,13,14,15). The molecule has 0 amide bonds. The Hall–Kier alpha value is -2.31. The molecule has 74 valence electrons. The van der Waals surface area contributed by atoms with Gasteiger partial charge in [0.25, 0.3) is 0 Å². The summed E-state index contributed by atoms with van der Waals surface area (Å²) in [7, 11) is 0. The third-order valence-electron chi connectivity index (χ3n) is 2.11. The van der Waals surface area contributed by atoms with Gasteiger partial charge < -0.3 is 0 Å². The molecule has 0 fully saturated rings. The summed E-state index contributed by atoms with van der Waals surface area (Å²) in [6.45, 7) is 0. The summed E-state index contributed by atoms with van der Waals surface area (Å²) in [5.41, 5.74) is 2.59. The normalized spacial score (nSPS) is 10.9. The largest absolute Gasteiger partial charge is 0.279 e. The fourth-order valence-electron chi connectivity index (χ4n) is 1.44. The zero-order valence-electron chi connectivity index (χ0n) is 7.68. The van der Waals surface area contributed by atoms with E-state index >= 15 is 0 Å². The average Bonchev–Trinajstić information content (AvgIpc) is 2.89. The first kappa shape index (κ1) is 8.04. The van der Waals surface area contributed by atoms with E-state index in [2.05, 4.69) is 35.8 Å². The number of nitrogens with one attached hydrogen (secondary N) is 2. The van der Waals surface area contributed by atoms with Gasteiger partial charge >= 0.3 is 0 Å². The molecule has 7 heteroatoms. The molecule has 0 unspecified atom stereocenters. The van der Waals surface area contributed by atoms with Crippen LogP contribution in [-0.2, 0) is 6.42 Å². The molecule has 0 saturated carbocycles. The average molecular weight is 201 g/mol. The van der Waals surface area contributed by atoms with E-state index in [1.807, 2.05) is 12.1 Å². The van der Waals surface area contributed by atoms with E-state index in [0.717, 1.165) is 16.7 Å². The van der Waals surface area contributed by atoms with Gasteiger partial charge in [-0.2, -0.15) is 10.3 Å². The van der Waals surface area contributed by atoms with E-state index in [1.165, 1.54) is 0 Å². The number of hydrogen-bond acceptors (Lipinski definition) is 5. The Morgan fingerprint density at radius 3 is 3.13 bits per heavy atom. The Labute approximate surface area is 83.9 Å². The van der Waals surface area contributed by atoms with Crippen molar-refractivity contribution in [3.05, 3.63) is 29.8 Å². The van der Waals surface area contributed by atoms with Gasteiger partial charge in [0.1, 0.15) is 11.0 Å². The summed E-state index contributed by atoms with van der Waals surface area (Å²) < 4.78 is 0. The zero-order valence-corrected chi connectivity index (χ0v) is 7.68. The molecule has 0 aliphatic heterocycles. The van der Waals surface area contributed by atoms with Crippen molar-refractivity contribution in [2.45, 2.75) is 6.42 Å². The lowest BCUT2D eigenvalue weighted by Gasteiger charge is -1.91. The number of tetrazole rings is 1. The molecule has 0 radical (unpaired) electrons. The van der Waals surface area contributed by atoms with Crippen molar-refractivity contribution < 1.29 is 0 Å². The maximum absolute atomic E-state index is 4.24. The second kappa shape index (κ2) is 3.12. The van der Waals surface area contributed by atoms with Crippen LogP contribution in [0.5, 0.6) is 0 Å². The Balaban J connectivity index is 2.05. The molecular weight excluding hydrogens is 194 g/mol. The molecule has 0 aliphatic carbocycles. The van der Waals surface area contributed by atoms with Crippen LogP contribution in [0.1, 0.15) is 11.5 Å². The van der Waals surface area contributed by atoms with Gasteiger partial charge in [0.15, 0.2) is 5.82 Å². The minimum Gasteiger partial charge on any atom is -0.279 e. The van der Waals surface area contributed by atoms with Crippen LogP contribution < -0.4 is 0 Å². The first-order chi connectivity index (χ1) is 7.43. The Morgan fingerprint density at radius 1 is 1.27 bits per heavy atom. The molecular formula is C8H7N7. The summed E-state index contributed by atoms with van der Waals surface area (Å²) in [6, 6.07) is 3.75. The lowest BCUT2D eigenvalue weighted by Crippen LogP contribution is -1.92. The second-order valence-corrected chi connectivity index (χ2v) is 3.08. The van der Waals surface area contributed by atoms with Crippen molar-refractivity contribution >= 4 is 11.0 Å². The predicted molar refractivity (Wildman–Crippen MR) is 50.9 cm³/mol. The minimum atomic E-state index is 0.546. The molecule has 2 N–H and O–H groups in total. The van der Waals surface area contributed by atoms with Gasteiger partial charge in [0.05, 0.1) is 12.1 Å². The topological polar surface area (TPSA) is 96.0 Å². The quantitative estimate of drug-likeness (QED) is 0.611. The van der Waals surface area contributed by atoms with Gasteiger partial charge in [-0.3, -0.25) is 10.1 Å². The highest BCUT2D eigenvalue weighted by molar-refractivity contribution is 5.76. The van der Waals surface area contributed by atoms with Crippen LogP contribution in [0.15, 0.2) is 18.3 Å².